The number of aromatic nitrogens is 1. The van der Waals surface area contributed by atoms with Crippen LogP contribution >= 0.6 is 0 Å². The topological polar surface area (TPSA) is 67.8 Å². The summed E-state index contributed by atoms with van der Waals surface area (Å²) in [5, 5.41) is 6.68. The van der Waals surface area contributed by atoms with Crippen LogP contribution < -0.4 is 15.4 Å². The van der Waals surface area contributed by atoms with Gasteiger partial charge in [0.1, 0.15) is 6.61 Å². The predicted octanol–water partition coefficient (Wildman–Crippen LogP) is 2.89. The van der Waals surface area contributed by atoms with Crippen molar-refractivity contribution in [1.82, 2.24) is 15.6 Å². The van der Waals surface area contributed by atoms with Gasteiger partial charge >= 0.3 is 0 Å². The van der Waals surface area contributed by atoms with Crippen molar-refractivity contribution < 1.29 is 9.47 Å². The van der Waals surface area contributed by atoms with Gasteiger partial charge in [0.15, 0.2) is 5.96 Å². The number of guanidine groups is 1. The molecule has 1 aromatic heterocycles. The van der Waals surface area contributed by atoms with Crippen LogP contribution in [0, 0.1) is 0 Å². The average Bonchev–Trinajstić information content (AvgIpc) is 3.14. The molecular weight excluding hydrogens is 340 g/mol. The first-order valence-electron chi connectivity index (χ1n) is 9.37. The third-order valence-electron chi connectivity index (χ3n) is 4.64. The van der Waals surface area contributed by atoms with Crippen molar-refractivity contribution in [1.29, 1.82) is 0 Å². The van der Waals surface area contributed by atoms with E-state index < -0.39 is 0 Å². The Balaban J connectivity index is 1.48. The largest absolute Gasteiger partial charge is 0.473 e. The van der Waals surface area contributed by atoms with Gasteiger partial charge in [0.2, 0.25) is 5.88 Å². The van der Waals surface area contributed by atoms with Crippen molar-refractivity contribution in [3.63, 3.8) is 0 Å². The second-order valence-corrected chi connectivity index (χ2v) is 6.96. The van der Waals surface area contributed by atoms with Crippen molar-refractivity contribution in [2.45, 2.75) is 38.5 Å². The summed E-state index contributed by atoms with van der Waals surface area (Å²) in [4.78, 5) is 8.57. The summed E-state index contributed by atoms with van der Waals surface area (Å²) in [6, 6.07) is 14.0. The molecule has 2 N–H and O–H groups in total. The van der Waals surface area contributed by atoms with Gasteiger partial charge in [-0.3, -0.25) is 4.99 Å². The molecule has 0 radical (unpaired) electrons. The molecule has 0 bridgehead atoms. The lowest BCUT2D eigenvalue weighted by molar-refractivity contribution is 0.0243. The molecule has 1 aromatic carbocycles. The molecule has 1 aliphatic rings. The Bertz CT molecular complexity index is 743. The van der Waals surface area contributed by atoms with E-state index in [1.54, 1.807) is 13.2 Å². The molecular formula is C21H28N4O2. The lowest BCUT2D eigenvalue weighted by Crippen LogP contribution is -2.45. The van der Waals surface area contributed by atoms with E-state index in [2.05, 4.69) is 27.5 Å². The number of nitrogens with one attached hydrogen (secondary N) is 2. The maximum atomic E-state index is 5.81. The summed E-state index contributed by atoms with van der Waals surface area (Å²) in [6.45, 7) is 4.87. The van der Waals surface area contributed by atoms with Gasteiger partial charge in [0.25, 0.3) is 0 Å². The normalized spacial score (nSPS) is 19.7. The SMILES string of the molecule is CN=C(NCc1ccnc(OCc2ccccc2)c1)NCC1(C)CCCO1. The minimum absolute atomic E-state index is 0.104. The van der Waals surface area contributed by atoms with Crippen LogP contribution in [-0.2, 0) is 17.9 Å². The van der Waals surface area contributed by atoms with Crippen LogP contribution in [0.25, 0.3) is 0 Å². The van der Waals surface area contributed by atoms with Crippen molar-refractivity contribution in [3.8, 4) is 5.88 Å². The minimum atomic E-state index is -0.104. The highest BCUT2D eigenvalue weighted by Gasteiger charge is 2.29. The van der Waals surface area contributed by atoms with E-state index >= 15 is 0 Å². The maximum Gasteiger partial charge on any atom is 0.213 e. The van der Waals surface area contributed by atoms with E-state index in [0.29, 0.717) is 19.0 Å². The zero-order chi connectivity index (χ0) is 19.0. The first-order valence-corrected chi connectivity index (χ1v) is 9.37. The van der Waals surface area contributed by atoms with Gasteiger partial charge < -0.3 is 20.1 Å². The van der Waals surface area contributed by atoms with Crippen molar-refractivity contribution >= 4 is 5.96 Å². The number of hydrogen-bond donors (Lipinski definition) is 2. The van der Waals surface area contributed by atoms with Crippen LogP contribution in [0.5, 0.6) is 5.88 Å². The predicted molar refractivity (Wildman–Crippen MR) is 107 cm³/mol. The molecule has 0 saturated carbocycles. The number of nitrogens with zero attached hydrogens (tertiary/aromatic N) is 2. The van der Waals surface area contributed by atoms with Gasteiger partial charge in [-0.15, -0.1) is 0 Å². The summed E-state index contributed by atoms with van der Waals surface area (Å²) < 4.78 is 11.6. The van der Waals surface area contributed by atoms with E-state index in [0.717, 1.165) is 43.1 Å². The van der Waals surface area contributed by atoms with E-state index in [1.807, 2.05) is 42.5 Å². The van der Waals surface area contributed by atoms with E-state index in [9.17, 15) is 0 Å². The molecule has 3 rings (SSSR count). The Kier molecular flexibility index (Phi) is 6.65. The molecule has 0 amide bonds. The molecule has 1 unspecified atom stereocenters. The van der Waals surface area contributed by atoms with Crippen LogP contribution in [0.15, 0.2) is 53.7 Å². The molecule has 1 fully saturated rings. The zero-order valence-electron chi connectivity index (χ0n) is 16.1. The molecule has 27 heavy (non-hydrogen) atoms. The Morgan fingerprint density at radius 1 is 1.22 bits per heavy atom. The molecule has 1 saturated heterocycles. The van der Waals surface area contributed by atoms with E-state index in [-0.39, 0.29) is 5.60 Å². The van der Waals surface area contributed by atoms with Crippen molar-refractivity contribution in [2.24, 2.45) is 4.99 Å². The second-order valence-electron chi connectivity index (χ2n) is 6.96. The molecule has 2 aromatic rings. The summed E-state index contributed by atoms with van der Waals surface area (Å²) >= 11 is 0. The third-order valence-corrected chi connectivity index (χ3v) is 4.64. The summed E-state index contributed by atoms with van der Waals surface area (Å²) in [5.41, 5.74) is 2.10. The molecule has 6 nitrogen and oxygen atoms in total. The highest BCUT2D eigenvalue weighted by molar-refractivity contribution is 5.79. The van der Waals surface area contributed by atoms with E-state index in [1.165, 1.54) is 0 Å². The molecule has 0 spiro atoms. The van der Waals surface area contributed by atoms with Gasteiger partial charge in [-0.25, -0.2) is 4.98 Å². The standard InChI is InChI=1S/C21H28N4O2/c1-21(10-6-12-27-21)16-25-20(22-2)24-14-18-9-11-23-19(13-18)26-15-17-7-4-3-5-8-17/h3-5,7-9,11,13H,6,10,12,14-16H2,1-2H3,(H2,22,24,25). The number of rotatable bonds is 7. The summed E-state index contributed by atoms with van der Waals surface area (Å²) in [5.74, 6) is 1.38. The fraction of sp³-hybridized carbons (Fsp3) is 0.429. The first kappa shape index (κ1) is 19.2. The van der Waals surface area contributed by atoms with Crippen molar-refractivity contribution in [2.75, 3.05) is 20.2 Å². The number of aliphatic imine (C=N–C) groups is 1. The van der Waals surface area contributed by atoms with Gasteiger partial charge in [-0.2, -0.15) is 0 Å². The van der Waals surface area contributed by atoms with Gasteiger partial charge in [0.05, 0.1) is 5.60 Å². The lowest BCUT2D eigenvalue weighted by atomic mass is 10.0. The van der Waals surface area contributed by atoms with Crippen LogP contribution in [0.4, 0.5) is 0 Å². The van der Waals surface area contributed by atoms with Crippen LogP contribution in [0.3, 0.4) is 0 Å². The quantitative estimate of drug-likeness (QED) is 0.581. The third kappa shape index (κ3) is 5.96. The maximum absolute atomic E-state index is 5.81. The molecule has 2 heterocycles. The summed E-state index contributed by atoms with van der Waals surface area (Å²) in [6.07, 6.45) is 3.96. The molecule has 6 heteroatoms. The highest BCUT2D eigenvalue weighted by atomic mass is 16.5. The van der Waals surface area contributed by atoms with Gasteiger partial charge in [-0.1, -0.05) is 30.3 Å². The Morgan fingerprint density at radius 2 is 2.07 bits per heavy atom. The fourth-order valence-corrected chi connectivity index (χ4v) is 3.02. The number of hydrogen-bond acceptors (Lipinski definition) is 4. The zero-order valence-corrected chi connectivity index (χ0v) is 16.1. The second kappa shape index (κ2) is 9.37. The molecule has 1 atom stereocenters. The van der Waals surface area contributed by atoms with Gasteiger partial charge in [-0.05, 0) is 37.0 Å². The molecule has 1 aliphatic heterocycles. The highest BCUT2D eigenvalue weighted by Crippen LogP contribution is 2.23. The number of ether oxygens (including phenoxy) is 2. The molecule has 0 aliphatic carbocycles. The van der Waals surface area contributed by atoms with E-state index in [4.69, 9.17) is 9.47 Å². The lowest BCUT2D eigenvalue weighted by Gasteiger charge is -2.24. The number of benzene rings is 1. The Morgan fingerprint density at radius 3 is 2.81 bits per heavy atom. The summed E-state index contributed by atoms with van der Waals surface area (Å²) in [7, 11) is 1.77. The van der Waals surface area contributed by atoms with Crippen molar-refractivity contribution in [3.05, 3.63) is 59.8 Å². The Hall–Kier alpha value is -2.60. The Labute approximate surface area is 161 Å². The van der Waals surface area contributed by atoms with Crippen LogP contribution in [0.1, 0.15) is 30.9 Å². The van der Waals surface area contributed by atoms with Gasteiger partial charge in [0, 0.05) is 39.0 Å². The number of pyridine rings is 1. The van der Waals surface area contributed by atoms with Crippen LogP contribution in [-0.4, -0.2) is 36.7 Å². The average molecular weight is 368 g/mol. The monoisotopic (exact) mass is 368 g/mol. The fourth-order valence-electron chi connectivity index (χ4n) is 3.02. The smallest absolute Gasteiger partial charge is 0.213 e. The van der Waals surface area contributed by atoms with Crippen LogP contribution in [0.2, 0.25) is 0 Å². The first-order chi connectivity index (χ1) is 13.2. The molecule has 144 valence electrons. The minimum Gasteiger partial charge on any atom is -0.473 e.